The van der Waals surface area contributed by atoms with Crippen LogP contribution in [0.2, 0.25) is 0 Å². The van der Waals surface area contributed by atoms with Gasteiger partial charge in [-0.2, -0.15) is 0 Å². The first-order valence-electron chi connectivity index (χ1n) is 9.78. The summed E-state index contributed by atoms with van der Waals surface area (Å²) in [5.74, 6) is -0.0111. The van der Waals surface area contributed by atoms with Gasteiger partial charge >= 0.3 is 5.97 Å². The molecular formula is C21H32O4. The third-order valence-corrected chi connectivity index (χ3v) is 9.06. The SMILES string of the molecule is C=C1C[C@@]23CC[C@@H]4[C@](C)(C(=O)OC)CCC[C@@]4(C)[C@]2(O)CC[C@]1(O)C3. The van der Waals surface area contributed by atoms with Crippen LogP contribution in [0.1, 0.15) is 71.6 Å². The van der Waals surface area contributed by atoms with E-state index in [1.807, 2.05) is 6.92 Å². The molecule has 0 aromatic heterocycles. The molecule has 4 nitrogen and oxygen atoms in total. The molecule has 0 saturated heterocycles. The van der Waals surface area contributed by atoms with Gasteiger partial charge in [-0.1, -0.05) is 19.9 Å². The second-order valence-electron chi connectivity index (χ2n) is 9.90. The lowest BCUT2D eigenvalue weighted by atomic mass is 9.38. The molecule has 0 unspecified atom stereocenters. The van der Waals surface area contributed by atoms with E-state index < -0.39 is 16.6 Å². The number of hydrogen-bond acceptors (Lipinski definition) is 4. The van der Waals surface area contributed by atoms with Crippen molar-refractivity contribution in [3.05, 3.63) is 12.2 Å². The van der Waals surface area contributed by atoms with Crippen molar-refractivity contribution in [2.75, 3.05) is 7.11 Å². The highest BCUT2D eigenvalue weighted by molar-refractivity contribution is 5.77. The van der Waals surface area contributed by atoms with E-state index in [1.165, 1.54) is 7.11 Å². The van der Waals surface area contributed by atoms with Gasteiger partial charge in [0.05, 0.1) is 23.7 Å². The molecule has 2 N–H and O–H groups in total. The molecule has 4 aliphatic rings. The van der Waals surface area contributed by atoms with E-state index in [2.05, 4.69) is 13.5 Å². The zero-order valence-corrected chi connectivity index (χ0v) is 15.9. The molecule has 6 atom stereocenters. The van der Waals surface area contributed by atoms with Gasteiger partial charge in [0.25, 0.3) is 0 Å². The van der Waals surface area contributed by atoms with Crippen LogP contribution in [0.15, 0.2) is 12.2 Å². The van der Waals surface area contributed by atoms with Crippen LogP contribution in [-0.4, -0.2) is 34.5 Å². The van der Waals surface area contributed by atoms with Crippen molar-refractivity contribution in [2.24, 2.45) is 22.2 Å². The van der Waals surface area contributed by atoms with E-state index in [0.29, 0.717) is 19.3 Å². The van der Waals surface area contributed by atoms with Gasteiger partial charge in [-0.15, -0.1) is 0 Å². The number of ether oxygens (including phenoxy) is 1. The van der Waals surface area contributed by atoms with Gasteiger partial charge in [-0.25, -0.2) is 0 Å². The largest absolute Gasteiger partial charge is 0.469 e. The van der Waals surface area contributed by atoms with Crippen molar-refractivity contribution >= 4 is 5.97 Å². The average Bonchev–Trinajstić information content (AvgIpc) is 2.77. The van der Waals surface area contributed by atoms with Gasteiger partial charge in [0.2, 0.25) is 0 Å². The van der Waals surface area contributed by atoms with Crippen LogP contribution >= 0.6 is 0 Å². The Morgan fingerprint density at radius 1 is 1.16 bits per heavy atom. The maximum absolute atomic E-state index is 12.7. The molecule has 4 rings (SSSR count). The molecule has 4 heteroatoms. The zero-order valence-electron chi connectivity index (χ0n) is 15.9. The van der Waals surface area contributed by atoms with E-state index in [9.17, 15) is 15.0 Å². The highest BCUT2D eigenvalue weighted by Gasteiger charge is 2.74. The van der Waals surface area contributed by atoms with Crippen LogP contribution in [0.25, 0.3) is 0 Å². The topological polar surface area (TPSA) is 66.8 Å². The Kier molecular flexibility index (Phi) is 3.43. The molecule has 0 aliphatic heterocycles. The van der Waals surface area contributed by atoms with Crippen LogP contribution in [-0.2, 0) is 9.53 Å². The number of carbonyl (C=O) groups is 1. The molecular weight excluding hydrogens is 316 g/mol. The summed E-state index contributed by atoms with van der Waals surface area (Å²) in [5.41, 5.74) is -1.87. The van der Waals surface area contributed by atoms with Crippen molar-refractivity contribution in [3.63, 3.8) is 0 Å². The van der Waals surface area contributed by atoms with Crippen molar-refractivity contribution in [3.8, 4) is 0 Å². The minimum absolute atomic E-state index is 0.122. The first-order chi connectivity index (χ1) is 11.6. The summed E-state index contributed by atoms with van der Waals surface area (Å²) < 4.78 is 5.17. The summed E-state index contributed by atoms with van der Waals surface area (Å²) in [6.45, 7) is 8.38. The summed E-state index contributed by atoms with van der Waals surface area (Å²) in [6.07, 6.45) is 7.01. The van der Waals surface area contributed by atoms with E-state index in [1.54, 1.807) is 0 Å². The number of fused-ring (bicyclic) bond motifs is 3. The minimum Gasteiger partial charge on any atom is -0.469 e. The third kappa shape index (κ3) is 1.83. The highest BCUT2D eigenvalue weighted by atomic mass is 16.5. The lowest BCUT2D eigenvalue weighted by Gasteiger charge is -2.68. The Morgan fingerprint density at radius 2 is 1.88 bits per heavy atom. The van der Waals surface area contributed by atoms with Crippen molar-refractivity contribution in [1.82, 2.24) is 0 Å². The number of esters is 1. The summed E-state index contributed by atoms with van der Waals surface area (Å²) in [4.78, 5) is 12.7. The first kappa shape index (κ1) is 17.5. The van der Waals surface area contributed by atoms with E-state index in [4.69, 9.17) is 4.74 Å². The number of hydrogen-bond donors (Lipinski definition) is 2. The minimum atomic E-state index is -0.843. The van der Waals surface area contributed by atoms with Crippen molar-refractivity contribution in [1.29, 1.82) is 0 Å². The number of rotatable bonds is 1. The van der Waals surface area contributed by atoms with Gasteiger partial charge in [0.1, 0.15) is 0 Å². The van der Waals surface area contributed by atoms with E-state index in [0.717, 1.165) is 44.1 Å². The van der Waals surface area contributed by atoms with Crippen LogP contribution in [0.3, 0.4) is 0 Å². The van der Waals surface area contributed by atoms with Gasteiger partial charge in [-0.3, -0.25) is 4.79 Å². The number of aliphatic hydroxyl groups is 2. The Labute approximate surface area is 150 Å². The van der Waals surface area contributed by atoms with E-state index >= 15 is 0 Å². The molecule has 0 heterocycles. The lowest BCUT2D eigenvalue weighted by Crippen LogP contribution is -2.69. The third-order valence-electron chi connectivity index (χ3n) is 9.06. The number of carbonyl (C=O) groups excluding carboxylic acids is 1. The molecule has 0 amide bonds. The molecule has 4 saturated carbocycles. The monoisotopic (exact) mass is 348 g/mol. The smallest absolute Gasteiger partial charge is 0.311 e. The van der Waals surface area contributed by atoms with Crippen molar-refractivity contribution < 1.29 is 19.7 Å². The Morgan fingerprint density at radius 3 is 2.56 bits per heavy atom. The van der Waals surface area contributed by atoms with Crippen molar-refractivity contribution in [2.45, 2.75) is 82.8 Å². The van der Waals surface area contributed by atoms with Crippen LogP contribution in [0.4, 0.5) is 0 Å². The summed E-state index contributed by atoms with van der Waals surface area (Å²) in [7, 11) is 1.47. The first-order valence-corrected chi connectivity index (χ1v) is 9.78. The molecule has 1 spiro atoms. The molecule has 0 aromatic carbocycles. The molecule has 4 aliphatic carbocycles. The normalized spacial score (nSPS) is 54.6. The van der Waals surface area contributed by atoms with Crippen LogP contribution in [0.5, 0.6) is 0 Å². The standard InChI is InChI=1S/C21H32O4/c1-14-12-19-9-6-15-17(2,16(22)25-4)7-5-8-18(15,3)21(19,24)11-10-20(14,23)13-19/h15,23-24H,1,5-13H2,2-4H3/t15-,17-,18-,19-,20+,21-/m1/s1. The fraction of sp³-hybridized carbons (Fsp3) is 0.857. The molecule has 0 aromatic rings. The fourth-order valence-electron chi connectivity index (χ4n) is 7.71. The zero-order chi connectivity index (χ0) is 18.3. The Hall–Kier alpha value is -0.870. The second-order valence-corrected chi connectivity index (χ2v) is 9.90. The summed E-state index contributed by atoms with van der Waals surface area (Å²) in [5, 5.41) is 23.1. The Balaban J connectivity index is 1.81. The average molecular weight is 348 g/mol. The van der Waals surface area contributed by atoms with E-state index in [-0.39, 0.29) is 22.7 Å². The van der Waals surface area contributed by atoms with Crippen LogP contribution in [0, 0.1) is 22.2 Å². The lowest BCUT2D eigenvalue weighted by molar-refractivity contribution is -0.270. The molecule has 0 radical (unpaired) electrons. The molecule has 140 valence electrons. The maximum Gasteiger partial charge on any atom is 0.311 e. The number of methoxy groups -OCH3 is 1. The van der Waals surface area contributed by atoms with Gasteiger partial charge in [-0.05, 0) is 69.8 Å². The molecule has 2 bridgehead atoms. The van der Waals surface area contributed by atoms with Gasteiger partial charge in [0.15, 0.2) is 0 Å². The van der Waals surface area contributed by atoms with Crippen LogP contribution < -0.4 is 0 Å². The highest BCUT2D eigenvalue weighted by Crippen LogP contribution is 2.74. The summed E-state index contributed by atoms with van der Waals surface area (Å²) >= 11 is 0. The summed E-state index contributed by atoms with van der Waals surface area (Å²) in [6, 6.07) is 0. The quantitative estimate of drug-likeness (QED) is 0.563. The molecule has 25 heavy (non-hydrogen) atoms. The van der Waals surface area contributed by atoms with Gasteiger partial charge in [0, 0.05) is 10.8 Å². The Bertz CT molecular complexity index is 644. The predicted molar refractivity (Wildman–Crippen MR) is 94.7 cm³/mol. The fourth-order valence-corrected chi connectivity index (χ4v) is 7.71. The van der Waals surface area contributed by atoms with Gasteiger partial charge < -0.3 is 14.9 Å². The maximum atomic E-state index is 12.7. The molecule has 4 fully saturated rings. The second kappa shape index (κ2) is 4.89. The predicted octanol–water partition coefficient (Wildman–Crippen LogP) is 3.36.